The Bertz CT molecular complexity index is 312. The number of carbonyl (C=O) groups is 1. The summed E-state index contributed by atoms with van der Waals surface area (Å²) in [6.45, 7) is 0.369. The summed E-state index contributed by atoms with van der Waals surface area (Å²) in [5.74, 6) is -0.245. The minimum absolute atomic E-state index is 0.00288. The second kappa shape index (κ2) is 6.86. The molecule has 0 fully saturated rings. The lowest BCUT2D eigenvalue weighted by molar-refractivity contribution is 0.0878. The van der Waals surface area contributed by atoms with Gasteiger partial charge in [0.1, 0.15) is 0 Å². The first-order chi connectivity index (χ1) is 7.77. The maximum Gasteiger partial charge on any atom is 0.253 e. The largest absolute Gasteiger partial charge is 0.396 e. The van der Waals surface area contributed by atoms with Crippen molar-refractivity contribution in [2.45, 2.75) is 12.5 Å². The lowest BCUT2D eigenvalue weighted by Gasteiger charge is -2.16. The van der Waals surface area contributed by atoms with Crippen molar-refractivity contribution in [1.29, 1.82) is 0 Å². The number of methoxy groups -OCH3 is 1. The molecule has 0 aromatic carbocycles. The first-order valence-electron chi connectivity index (χ1n) is 4.95. The summed E-state index contributed by atoms with van der Waals surface area (Å²) >= 11 is 0. The van der Waals surface area contributed by atoms with Gasteiger partial charge in [-0.3, -0.25) is 4.79 Å². The molecule has 0 radical (unpaired) electrons. The lowest BCUT2D eigenvalue weighted by Crippen LogP contribution is -2.38. The quantitative estimate of drug-likeness (QED) is 0.688. The summed E-state index contributed by atoms with van der Waals surface area (Å²) in [7, 11) is 1.55. The van der Waals surface area contributed by atoms with Crippen LogP contribution in [0.4, 0.5) is 0 Å². The number of nitrogens with zero attached hydrogens (tertiary/aromatic N) is 2. The molecule has 0 saturated heterocycles. The highest BCUT2D eigenvalue weighted by molar-refractivity contribution is 5.93. The van der Waals surface area contributed by atoms with Crippen LogP contribution in [0.1, 0.15) is 16.8 Å². The fourth-order valence-corrected chi connectivity index (χ4v) is 1.25. The first kappa shape index (κ1) is 12.5. The molecule has 0 aliphatic rings. The fourth-order valence-electron chi connectivity index (χ4n) is 1.25. The summed E-state index contributed by atoms with van der Waals surface area (Å²) in [6.07, 6.45) is 3.29. The van der Waals surface area contributed by atoms with E-state index >= 15 is 0 Å². The van der Waals surface area contributed by atoms with E-state index in [-0.39, 0.29) is 18.6 Å². The van der Waals surface area contributed by atoms with Crippen molar-refractivity contribution in [2.24, 2.45) is 0 Å². The lowest BCUT2D eigenvalue weighted by atomic mass is 10.2. The third-order valence-electron chi connectivity index (χ3n) is 2.03. The van der Waals surface area contributed by atoms with Crippen molar-refractivity contribution >= 4 is 5.91 Å². The number of aromatic nitrogens is 2. The van der Waals surface area contributed by atoms with Crippen LogP contribution in [0, 0.1) is 0 Å². The minimum Gasteiger partial charge on any atom is -0.396 e. The molecule has 1 aromatic heterocycles. The van der Waals surface area contributed by atoms with Gasteiger partial charge < -0.3 is 15.2 Å². The Hall–Kier alpha value is -1.53. The molecule has 1 heterocycles. The number of hydrogen-bond acceptors (Lipinski definition) is 5. The molecule has 6 heteroatoms. The molecule has 88 valence electrons. The van der Waals surface area contributed by atoms with Crippen molar-refractivity contribution in [1.82, 2.24) is 15.5 Å². The Morgan fingerprint density at radius 1 is 1.62 bits per heavy atom. The Morgan fingerprint density at radius 3 is 3.00 bits per heavy atom. The van der Waals surface area contributed by atoms with Crippen LogP contribution < -0.4 is 5.32 Å². The van der Waals surface area contributed by atoms with E-state index in [0.717, 1.165) is 0 Å². The SMILES string of the molecule is COCC(CCO)NC(=O)c1ccnnc1. The average Bonchev–Trinajstić information content (AvgIpc) is 2.31. The molecule has 2 N–H and O–H groups in total. The highest BCUT2D eigenvalue weighted by atomic mass is 16.5. The zero-order valence-electron chi connectivity index (χ0n) is 9.09. The maximum atomic E-state index is 11.7. The van der Waals surface area contributed by atoms with Gasteiger partial charge in [0.05, 0.1) is 30.6 Å². The first-order valence-corrected chi connectivity index (χ1v) is 4.95. The second-order valence-electron chi connectivity index (χ2n) is 3.27. The molecule has 1 atom stereocenters. The molecule has 1 amide bonds. The van der Waals surface area contributed by atoms with Crippen LogP contribution in [0.5, 0.6) is 0 Å². The summed E-state index contributed by atoms with van der Waals surface area (Å²) < 4.78 is 4.94. The zero-order chi connectivity index (χ0) is 11.8. The molecule has 0 aliphatic heterocycles. The molecule has 0 spiro atoms. The molecule has 0 saturated carbocycles. The van der Waals surface area contributed by atoms with Gasteiger partial charge in [-0.15, -0.1) is 0 Å². The van der Waals surface area contributed by atoms with E-state index in [1.54, 1.807) is 13.2 Å². The molecular weight excluding hydrogens is 210 g/mol. The van der Waals surface area contributed by atoms with E-state index in [1.165, 1.54) is 12.4 Å². The molecule has 1 rings (SSSR count). The van der Waals surface area contributed by atoms with Crippen molar-refractivity contribution in [3.8, 4) is 0 Å². The predicted octanol–water partition coefficient (Wildman–Crippen LogP) is -0.396. The van der Waals surface area contributed by atoms with Crippen LogP contribution in [0.25, 0.3) is 0 Å². The van der Waals surface area contributed by atoms with E-state index in [4.69, 9.17) is 9.84 Å². The van der Waals surface area contributed by atoms with Gasteiger partial charge in [0.25, 0.3) is 5.91 Å². The minimum atomic E-state index is -0.245. The molecule has 0 bridgehead atoms. The molecule has 16 heavy (non-hydrogen) atoms. The highest BCUT2D eigenvalue weighted by Gasteiger charge is 2.13. The van der Waals surface area contributed by atoms with E-state index in [9.17, 15) is 4.79 Å². The van der Waals surface area contributed by atoms with Crippen molar-refractivity contribution in [3.63, 3.8) is 0 Å². The van der Waals surface area contributed by atoms with E-state index < -0.39 is 0 Å². The van der Waals surface area contributed by atoms with Gasteiger partial charge in [0.2, 0.25) is 0 Å². The van der Waals surface area contributed by atoms with Gasteiger partial charge in [-0.2, -0.15) is 10.2 Å². The topological polar surface area (TPSA) is 84.3 Å². The van der Waals surface area contributed by atoms with Crippen LogP contribution in [0.15, 0.2) is 18.5 Å². The number of nitrogens with one attached hydrogen (secondary N) is 1. The van der Waals surface area contributed by atoms with Crippen molar-refractivity contribution < 1.29 is 14.6 Å². The van der Waals surface area contributed by atoms with E-state index in [2.05, 4.69) is 15.5 Å². The number of carbonyl (C=O) groups excluding carboxylic acids is 1. The van der Waals surface area contributed by atoms with Crippen LogP contribution in [0.2, 0.25) is 0 Å². The molecule has 0 aliphatic carbocycles. The Morgan fingerprint density at radius 2 is 2.44 bits per heavy atom. The van der Waals surface area contributed by atoms with Gasteiger partial charge in [-0.05, 0) is 12.5 Å². The summed E-state index contributed by atoms with van der Waals surface area (Å²) in [6, 6.07) is 1.38. The normalized spacial score (nSPS) is 12.1. The number of ether oxygens (including phenoxy) is 1. The van der Waals surface area contributed by atoms with Crippen molar-refractivity contribution in [2.75, 3.05) is 20.3 Å². The van der Waals surface area contributed by atoms with Crippen molar-refractivity contribution in [3.05, 3.63) is 24.0 Å². The Labute approximate surface area is 93.6 Å². The van der Waals surface area contributed by atoms with Crippen LogP contribution in [-0.2, 0) is 4.74 Å². The maximum absolute atomic E-state index is 11.7. The fraction of sp³-hybridized carbons (Fsp3) is 0.500. The predicted molar refractivity (Wildman–Crippen MR) is 56.9 cm³/mol. The van der Waals surface area contributed by atoms with Gasteiger partial charge in [0, 0.05) is 13.7 Å². The second-order valence-corrected chi connectivity index (χ2v) is 3.27. The summed E-state index contributed by atoms with van der Waals surface area (Å²) in [5, 5.41) is 18.8. The third-order valence-corrected chi connectivity index (χ3v) is 2.03. The number of rotatable bonds is 6. The summed E-state index contributed by atoms with van der Waals surface area (Å²) in [5.41, 5.74) is 0.439. The van der Waals surface area contributed by atoms with Gasteiger partial charge >= 0.3 is 0 Å². The zero-order valence-corrected chi connectivity index (χ0v) is 9.09. The number of hydrogen-bond donors (Lipinski definition) is 2. The van der Waals surface area contributed by atoms with Gasteiger partial charge in [-0.1, -0.05) is 0 Å². The monoisotopic (exact) mass is 225 g/mol. The molecule has 1 unspecified atom stereocenters. The molecule has 1 aromatic rings. The standard InChI is InChI=1S/C10H15N3O3/c1-16-7-9(3-5-14)13-10(15)8-2-4-11-12-6-8/h2,4,6,9,14H,3,5,7H2,1H3,(H,13,15). The average molecular weight is 225 g/mol. The van der Waals surface area contributed by atoms with Gasteiger partial charge in [0.15, 0.2) is 0 Å². The third kappa shape index (κ3) is 3.92. The number of aliphatic hydroxyl groups is 1. The van der Waals surface area contributed by atoms with Crippen LogP contribution >= 0.6 is 0 Å². The molecule has 6 nitrogen and oxygen atoms in total. The Balaban J connectivity index is 2.54. The van der Waals surface area contributed by atoms with Gasteiger partial charge in [-0.25, -0.2) is 0 Å². The summed E-state index contributed by atoms with van der Waals surface area (Å²) in [4.78, 5) is 11.7. The van der Waals surface area contributed by atoms with E-state index in [0.29, 0.717) is 18.6 Å². The smallest absolute Gasteiger partial charge is 0.253 e. The Kier molecular flexibility index (Phi) is 5.38. The molecular formula is C10H15N3O3. The number of amides is 1. The van der Waals surface area contributed by atoms with Crippen LogP contribution in [-0.4, -0.2) is 47.6 Å². The van der Waals surface area contributed by atoms with Crippen LogP contribution in [0.3, 0.4) is 0 Å². The number of aliphatic hydroxyl groups excluding tert-OH is 1. The highest BCUT2D eigenvalue weighted by Crippen LogP contribution is 1.98. The van der Waals surface area contributed by atoms with E-state index in [1.807, 2.05) is 0 Å².